The average Bonchev–Trinajstić information content (AvgIpc) is 3.46. The lowest BCUT2D eigenvalue weighted by atomic mass is 10.1. The number of anilines is 1. The Labute approximate surface area is 204 Å². The van der Waals surface area contributed by atoms with Crippen molar-refractivity contribution in [1.29, 1.82) is 0 Å². The number of aryl methyl sites for hydroxylation is 1. The molecule has 168 valence electrons. The molecule has 0 aliphatic heterocycles. The number of furan rings is 1. The average molecular weight is 490 g/mol. The van der Waals surface area contributed by atoms with Gasteiger partial charge in [0.15, 0.2) is 11.2 Å². The molecule has 0 unspecified atom stereocenters. The molecular weight excluding hydrogens is 473 g/mol. The topological polar surface area (TPSA) is 81.2 Å². The Bertz CT molecular complexity index is 1520. The summed E-state index contributed by atoms with van der Waals surface area (Å²) < 4.78 is 11.6. The Morgan fingerprint density at radius 3 is 2.71 bits per heavy atom. The Kier molecular flexibility index (Phi) is 5.92. The van der Waals surface area contributed by atoms with Gasteiger partial charge in [0.25, 0.3) is 0 Å². The van der Waals surface area contributed by atoms with Crippen molar-refractivity contribution in [3.63, 3.8) is 0 Å². The Balaban J connectivity index is 1.28. The summed E-state index contributed by atoms with van der Waals surface area (Å²) in [6.45, 7) is 1.90. The molecule has 1 N–H and O–H groups in total. The molecular formula is C26H17Cl2N3O3. The van der Waals surface area contributed by atoms with Crippen LogP contribution in [0.5, 0.6) is 0 Å². The molecule has 0 spiro atoms. The van der Waals surface area contributed by atoms with E-state index in [9.17, 15) is 4.79 Å². The monoisotopic (exact) mass is 489 g/mol. The van der Waals surface area contributed by atoms with Gasteiger partial charge in [0.05, 0.1) is 5.02 Å². The standard InChI is InChI=1S/C26H17Cl2N3O3/c1-15-13-16(26-31-25-23(34-26)3-2-12-29-25)4-9-21(15)30-24(32)11-7-18-6-10-22(33-18)19-8-5-17(27)14-20(19)28/h2-14H,1H3,(H,30,32)/b11-7+. The first-order chi connectivity index (χ1) is 16.5. The number of nitrogens with zero attached hydrogens (tertiary/aromatic N) is 2. The zero-order valence-corrected chi connectivity index (χ0v) is 19.4. The number of oxazole rings is 1. The lowest BCUT2D eigenvalue weighted by molar-refractivity contribution is -0.111. The summed E-state index contributed by atoms with van der Waals surface area (Å²) in [5.41, 5.74) is 4.25. The number of pyridine rings is 1. The van der Waals surface area contributed by atoms with Crippen molar-refractivity contribution < 1.29 is 13.6 Å². The van der Waals surface area contributed by atoms with Crippen molar-refractivity contribution in [2.75, 3.05) is 5.32 Å². The molecule has 0 saturated carbocycles. The van der Waals surface area contributed by atoms with Gasteiger partial charge in [-0.2, -0.15) is 4.98 Å². The lowest BCUT2D eigenvalue weighted by Gasteiger charge is -2.07. The van der Waals surface area contributed by atoms with E-state index in [4.69, 9.17) is 32.0 Å². The molecule has 2 aromatic carbocycles. The summed E-state index contributed by atoms with van der Waals surface area (Å²) in [5, 5.41) is 3.91. The second-order valence-corrected chi connectivity index (χ2v) is 8.37. The summed E-state index contributed by atoms with van der Waals surface area (Å²) in [6.07, 6.45) is 4.67. The van der Waals surface area contributed by atoms with Gasteiger partial charge in [-0.15, -0.1) is 0 Å². The fourth-order valence-electron chi connectivity index (χ4n) is 3.44. The lowest BCUT2D eigenvalue weighted by Crippen LogP contribution is -2.08. The van der Waals surface area contributed by atoms with Crippen LogP contribution in [0.2, 0.25) is 10.0 Å². The predicted molar refractivity (Wildman–Crippen MR) is 134 cm³/mol. The molecule has 0 aliphatic carbocycles. The smallest absolute Gasteiger partial charge is 0.248 e. The van der Waals surface area contributed by atoms with E-state index >= 15 is 0 Å². The van der Waals surface area contributed by atoms with Crippen LogP contribution in [0.4, 0.5) is 5.69 Å². The maximum Gasteiger partial charge on any atom is 0.248 e. The highest BCUT2D eigenvalue weighted by molar-refractivity contribution is 6.36. The highest BCUT2D eigenvalue weighted by Crippen LogP contribution is 2.32. The van der Waals surface area contributed by atoms with Crippen LogP contribution < -0.4 is 5.32 Å². The number of benzene rings is 2. The van der Waals surface area contributed by atoms with Gasteiger partial charge >= 0.3 is 0 Å². The van der Waals surface area contributed by atoms with Gasteiger partial charge in [-0.1, -0.05) is 23.2 Å². The minimum absolute atomic E-state index is 0.288. The second-order valence-electron chi connectivity index (χ2n) is 7.52. The number of halogens is 2. The molecule has 34 heavy (non-hydrogen) atoms. The summed E-state index contributed by atoms with van der Waals surface area (Å²) in [7, 11) is 0. The number of carbonyl (C=O) groups is 1. The number of hydrogen-bond acceptors (Lipinski definition) is 5. The molecule has 1 amide bonds. The molecule has 0 saturated heterocycles. The van der Waals surface area contributed by atoms with E-state index in [1.54, 1.807) is 48.7 Å². The largest absolute Gasteiger partial charge is 0.457 e. The summed E-state index contributed by atoms with van der Waals surface area (Å²) in [4.78, 5) is 21.1. The molecule has 0 bridgehead atoms. The van der Waals surface area contributed by atoms with Crippen molar-refractivity contribution in [3.8, 4) is 22.8 Å². The minimum atomic E-state index is -0.288. The zero-order chi connectivity index (χ0) is 23.7. The molecule has 0 radical (unpaired) electrons. The van der Waals surface area contributed by atoms with E-state index in [2.05, 4.69) is 15.3 Å². The van der Waals surface area contributed by atoms with Crippen LogP contribution >= 0.6 is 23.2 Å². The number of aromatic nitrogens is 2. The van der Waals surface area contributed by atoms with Gasteiger partial charge in [0.1, 0.15) is 11.5 Å². The van der Waals surface area contributed by atoms with Gasteiger partial charge in [0, 0.05) is 34.1 Å². The molecule has 5 aromatic rings. The molecule has 0 atom stereocenters. The van der Waals surface area contributed by atoms with Gasteiger partial charge in [-0.05, 0) is 79.2 Å². The maximum atomic E-state index is 12.5. The van der Waals surface area contributed by atoms with Crippen molar-refractivity contribution in [2.45, 2.75) is 6.92 Å². The Hall–Kier alpha value is -3.87. The van der Waals surface area contributed by atoms with E-state index in [0.29, 0.717) is 44.4 Å². The fraction of sp³-hybridized carbons (Fsp3) is 0.0385. The second kappa shape index (κ2) is 9.17. The number of amides is 1. The summed E-state index contributed by atoms with van der Waals surface area (Å²) in [6, 6.07) is 17.9. The molecule has 6 nitrogen and oxygen atoms in total. The Morgan fingerprint density at radius 1 is 1.03 bits per heavy atom. The first-order valence-electron chi connectivity index (χ1n) is 10.3. The van der Waals surface area contributed by atoms with Crippen LogP contribution in [0.3, 0.4) is 0 Å². The SMILES string of the molecule is Cc1cc(-c2nc3ncccc3o2)ccc1NC(=O)/C=C/c1ccc(-c2ccc(Cl)cc2Cl)o1. The van der Waals surface area contributed by atoms with Crippen LogP contribution in [0.1, 0.15) is 11.3 Å². The highest BCUT2D eigenvalue weighted by Gasteiger charge is 2.12. The number of carbonyl (C=O) groups excluding carboxylic acids is 1. The van der Waals surface area contributed by atoms with E-state index in [0.717, 1.165) is 16.7 Å². The van der Waals surface area contributed by atoms with Crippen molar-refractivity contribution in [2.24, 2.45) is 0 Å². The number of nitrogens with one attached hydrogen (secondary N) is 1. The van der Waals surface area contributed by atoms with Crippen molar-refractivity contribution in [3.05, 3.63) is 94.3 Å². The van der Waals surface area contributed by atoms with Gasteiger partial charge in [-0.3, -0.25) is 4.79 Å². The molecule has 0 fully saturated rings. The minimum Gasteiger partial charge on any atom is -0.457 e. The number of fused-ring (bicyclic) bond motifs is 1. The fourth-order valence-corrected chi connectivity index (χ4v) is 3.94. The molecule has 5 rings (SSSR count). The molecule has 8 heteroatoms. The molecule has 3 heterocycles. The number of rotatable bonds is 5. The van der Waals surface area contributed by atoms with E-state index in [-0.39, 0.29) is 5.91 Å². The van der Waals surface area contributed by atoms with Crippen molar-refractivity contribution >= 4 is 52.1 Å². The quantitative estimate of drug-likeness (QED) is 0.259. The first kappa shape index (κ1) is 21.9. The normalized spacial score (nSPS) is 11.4. The third-order valence-corrected chi connectivity index (χ3v) is 5.67. The van der Waals surface area contributed by atoms with Gasteiger partial charge in [0.2, 0.25) is 11.8 Å². The summed E-state index contributed by atoms with van der Waals surface area (Å²) in [5.74, 6) is 1.30. The first-order valence-corrected chi connectivity index (χ1v) is 11.1. The van der Waals surface area contributed by atoms with E-state index < -0.39 is 0 Å². The van der Waals surface area contributed by atoms with Crippen LogP contribution in [0.15, 0.2) is 81.8 Å². The zero-order valence-electron chi connectivity index (χ0n) is 17.9. The number of hydrogen-bond donors (Lipinski definition) is 1. The highest BCUT2D eigenvalue weighted by atomic mass is 35.5. The van der Waals surface area contributed by atoms with Crippen molar-refractivity contribution in [1.82, 2.24) is 9.97 Å². The van der Waals surface area contributed by atoms with E-state index in [1.165, 1.54) is 6.08 Å². The predicted octanol–water partition coefficient (Wildman–Crippen LogP) is 7.42. The summed E-state index contributed by atoms with van der Waals surface area (Å²) >= 11 is 12.2. The maximum absolute atomic E-state index is 12.5. The van der Waals surface area contributed by atoms with Crippen LogP contribution in [-0.2, 0) is 4.79 Å². The molecule has 0 aliphatic rings. The Morgan fingerprint density at radius 2 is 1.91 bits per heavy atom. The van der Waals surface area contributed by atoms with E-state index in [1.807, 2.05) is 31.2 Å². The third kappa shape index (κ3) is 4.59. The van der Waals surface area contributed by atoms with Gasteiger partial charge < -0.3 is 14.2 Å². The van der Waals surface area contributed by atoms with Crippen LogP contribution in [-0.4, -0.2) is 15.9 Å². The van der Waals surface area contributed by atoms with Gasteiger partial charge in [-0.25, -0.2) is 4.98 Å². The van der Waals surface area contributed by atoms with Crippen LogP contribution in [0.25, 0.3) is 40.1 Å². The molecule has 3 aromatic heterocycles. The van der Waals surface area contributed by atoms with Crippen LogP contribution in [0, 0.1) is 6.92 Å². The third-order valence-electron chi connectivity index (χ3n) is 5.12.